The van der Waals surface area contributed by atoms with Gasteiger partial charge < -0.3 is 9.84 Å². The van der Waals surface area contributed by atoms with Gasteiger partial charge in [0, 0.05) is 5.56 Å². The van der Waals surface area contributed by atoms with Crippen LogP contribution in [0.3, 0.4) is 0 Å². The van der Waals surface area contributed by atoms with Gasteiger partial charge in [0.15, 0.2) is 11.6 Å². The van der Waals surface area contributed by atoms with Crippen LogP contribution in [0.15, 0.2) is 12.1 Å². The first-order chi connectivity index (χ1) is 7.40. The molecule has 0 heterocycles. The van der Waals surface area contributed by atoms with Gasteiger partial charge in [-0.05, 0) is 18.6 Å². The lowest BCUT2D eigenvalue weighted by Crippen LogP contribution is -2.08. The van der Waals surface area contributed by atoms with Crippen LogP contribution in [0, 0.1) is 12.7 Å². The molecule has 0 saturated heterocycles. The standard InChI is InChI=1S/C10H9F3O3/c1-5-2-6(4-8(14)15)9(11)7(3-5)16-10(12)13/h2-3,10H,4H2,1H3,(H,14,15). The minimum atomic E-state index is -3.14. The molecule has 0 bridgehead atoms. The summed E-state index contributed by atoms with van der Waals surface area (Å²) in [6, 6.07) is 2.37. The van der Waals surface area contributed by atoms with Gasteiger partial charge in [-0.2, -0.15) is 8.78 Å². The second kappa shape index (κ2) is 4.87. The van der Waals surface area contributed by atoms with Crippen LogP contribution < -0.4 is 4.74 Å². The van der Waals surface area contributed by atoms with Crippen LogP contribution in [0.2, 0.25) is 0 Å². The Bertz CT molecular complexity index is 405. The largest absolute Gasteiger partial charge is 0.481 e. The molecule has 0 unspecified atom stereocenters. The van der Waals surface area contributed by atoms with Gasteiger partial charge in [0.2, 0.25) is 0 Å². The lowest BCUT2D eigenvalue weighted by Gasteiger charge is -2.09. The number of rotatable bonds is 4. The number of halogens is 3. The maximum absolute atomic E-state index is 13.5. The van der Waals surface area contributed by atoms with Crippen molar-refractivity contribution in [1.29, 1.82) is 0 Å². The third kappa shape index (κ3) is 3.15. The van der Waals surface area contributed by atoms with Crippen LogP contribution in [0.1, 0.15) is 11.1 Å². The molecule has 0 spiro atoms. The normalized spacial score (nSPS) is 10.6. The van der Waals surface area contributed by atoms with Crippen LogP contribution in [-0.2, 0) is 11.2 Å². The van der Waals surface area contributed by atoms with Gasteiger partial charge in [-0.1, -0.05) is 6.07 Å². The number of aliphatic carboxylic acids is 1. The second-order valence-corrected chi connectivity index (χ2v) is 3.19. The maximum Gasteiger partial charge on any atom is 0.387 e. The number of carboxylic acid groups (broad SMARTS) is 1. The minimum absolute atomic E-state index is 0.178. The van der Waals surface area contributed by atoms with Crippen molar-refractivity contribution < 1.29 is 27.8 Å². The van der Waals surface area contributed by atoms with E-state index in [1.807, 2.05) is 0 Å². The Hall–Kier alpha value is -1.72. The Morgan fingerprint density at radius 3 is 2.62 bits per heavy atom. The van der Waals surface area contributed by atoms with E-state index in [1.54, 1.807) is 0 Å². The van der Waals surface area contributed by atoms with Crippen molar-refractivity contribution in [2.75, 3.05) is 0 Å². The fourth-order valence-corrected chi connectivity index (χ4v) is 1.28. The summed E-state index contributed by atoms with van der Waals surface area (Å²) in [4.78, 5) is 10.4. The van der Waals surface area contributed by atoms with E-state index in [-0.39, 0.29) is 5.56 Å². The summed E-state index contributed by atoms with van der Waals surface area (Å²) >= 11 is 0. The van der Waals surface area contributed by atoms with Crippen LogP contribution >= 0.6 is 0 Å². The zero-order valence-electron chi connectivity index (χ0n) is 8.34. The first-order valence-corrected chi connectivity index (χ1v) is 4.35. The SMILES string of the molecule is Cc1cc(CC(=O)O)c(F)c(OC(F)F)c1. The third-order valence-electron chi connectivity index (χ3n) is 1.82. The van der Waals surface area contributed by atoms with Crippen LogP contribution in [0.5, 0.6) is 5.75 Å². The lowest BCUT2D eigenvalue weighted by molar-refractivity contribution is -0.136. The smallest absolute Gasteiger partial charge is 0.387 e. The van der Waals surface area contributed by atoms with Gasteiger partial charge >= 0.3 is 12.6 Å². The van der Waals surface area contributed by atoms with Crippen molar-refractivity contribution in [2.45, 2.75) is 20.0 Å². The van der Waals surface area contributed by atoms with E-state index in [4.69, 9.17) is 5.11 Å². The van der Waals surface area contributed by atoms with Crippen molar-refractivity contribution in [1.82, 2.24) is 0 Å². The molecule has 1 aromatic rings. The number of benzene rings is 1. The Balaban J connectivity index is 3.10. The molecule has 0 amide bonds. The summed E-state index contributed by atoms with van der Waals surface area (Å²) in [5, 5.41) is 8.50. The van der Waals surface area contributed by atoms with Crippen molar-refractivity contribution in [2.24, 2.45) is 0 Å². The summed E-state index contributed by atoms with van der Waals surface area (Å²) < 4.78 is 41.2. The molecule has 6 heteroatoms. The molecule has 0 fully saturated rings. The van der Waals surface area contributed by atoms with Crippen LogP contribution in [0.25, 0.3) is 0 Å². The van der Waals surface area contributed by atoms with Gasteiger partial charge in [-0.25, -0.2) is 4.39 Å². The molecule has 0 saturated carbocycles. The molecule has 16 heavy (non-hydrogen) atoms. The first-order valence-electron chi connectivity index (χ1n) is 4.35. The number of ether oxygens (including phenoxy) is 1. The number of carboxylic acids is 1. The molecule has 0 aliphatic heterocycles. The predicted octanol–water partition coefficient (Wildman–Crippen LogP) is 2.36. The van der Waals surface area contributed by atoms with E-state index in [0.717, 1.165) is 6.07 Å². The molecule has 1 aromatic carbocycles. The summed E-state index contributed by atoms with van der Waals surface area (Å²) in [6.45, 7) is -1.61. The molecule has 0 aromatic heterocycles. The van der Waals surface area contributed by atoms with Gasteiger partial charge in [-0.15, -0.1) is 0 Å². The molecule has 0 radical (unpaired) electrons. The summed E-state index contributed by atoms with van der Waals surface area (Å²) in [7, 11) is 0. The Morgan fingerprint density at radius 1 is 1.50 bits per heavy atom. The monoisotopic (exact) mass is 234 g/mol. The molecule has 0 atom stereocenters. The number of carbonyl (C=O) groups is 1. The van der Waals surface area contributed by atoms with E-state index in [9.17, 15) is 18.0 Å². The Kier molecular flexibility index (Phi) is 3.76. The quantitative estimate of drug-likeness (QED) is 0.869. The Labute approximate surface area is 89.5 Å². The highest BCUT2D eigenvalue weighted by molar-refractivity contribution is 5.70. The molecule has 0 aliphatic carbocycles. The molecule has 1 rings (SSSR count). The summed E-state index contributed by atoms with van der Waals surface area (Å²) in [5.74, 6) is -2.94. The number of hydrogen-bond acceptors (Lipinski definition) is 2. The highest BCUT2D eigenvalue weighted by atomic mass is 19.3. The van der Waals surface area contributed by atoms with E-state index < -0.39 is 30.6 Å². The molecule has 88 valence electrons. The molecule has 3 nitrogen and oxygen atoms in total. The molecule has 1 N–H and O–H groups in total. The molecular formula is C10H9F3O3. The maximum atomic E-state index is 13.5. The molecule has 0 aliphatic rings. The highest BCUT2D eigenvalue weighted by Gasteiger charge is 2.16. The first kappa shape index (κ1) is 12.4. The van der Waals surface area contributed by atoms with Crippen LogP contribution in [0.4, 0.5) is 13.2 Å². The van der Waals surface area contributed by atoms with E-state index in [1.165, 1.54) is 13.0 Å². The van der Waals surface area contributed by atoms with Crippen molar-refractivity contribution in [3.63, 3.8) is 0 Å². The van der Waals surface area contributed by atoms with Gasteiger partial charge in [0.05, 0.1) is 6.42 Å². The second-order valence-electron chi connectivity index (χ2n) is 3.19. The van der Waals surface area contributed by atoms with Gasteiger partial charge in [-0.3, -0.25) is 4.79 Å². The number of alkyl halides is 2. The minimum Gasteiger partial charge on any atom is -0.481 e. The summed E-state index contributed by atoms with van der Waals surface area (Å²) in [6.07, 6.45) is -0.576. The fourth-order valence-electron chi connectivity index (χ4n) is 1.28. The third-order valence-corrected chi connectivity index (χ3v) is 1.82. The Morgan fingerprint density at radius 2 is 2.12 bits per heavy atom. The average molecular weight is 234 g/mol. The fraction of sp³-hybridized carbons (Fsp3) is 0.300. The van der Waals surface area contributed by atoms with Crippen molar-refractivity contribution in [3.8, 4) is 5.75 Å². The average Bonchev–Trinajstić information content (AvgIpc) is 2.11. The summed E-state index contributed by atoms with van der Waals surface area (Å²) in [5.41, 5.74) is 0.274. The van der Waals surface area contributed by atoms with E-state index in [2.05, 4.69) is 4.74 Å². The highest BCUT2D eigenvalue weighted by Crippen LogP contribution is 2.24. The zero-order valence-corrected chi connectivity index (χ0v) is 8.34. The van der Waals surface area contributed by atoms with E-state index >= 15 is 0 Å². The number of aryl methyl sites for hydroxylation is 1. The predicted molar refractivity (Wildman–Crippen MR) is 49.1 cm³/mol. The van der Waals surface area contributed by atoms with E-state index in [0.29, 0.717) is 5.56 Å². The zero-order chi connectivity index (χ0) is 12.3. The van der Waals surface area contributed by atoms with Crippen LogP contribution in [-0.4, -0.2) is 17.7 Å². The van der Waals surface area contributed by atoms with Gasteiger partial charge in [0.1, 0.15) is 0 Å². The van der Waals surface area contributed by atoms with Crippen molar-refractivity contribution >= 4 is 5.97 Å². The lowest BCUT2D eigenvalue weighted by atomic mass is 10.1. The van der Waals surface area contributed by atoms with Gasteiger partial charge in [0.25, 0.3) is 0 Å². The number of hydrogen-bond donors (Lipinski definition) is 1. The van der Waals surface area contributed by atoms with Crippen molar-refractivity contribution in [3.05, 3.63) is 29.1 Å². The molecular weight excluding hydrogens is 225 g/mol. The topological polar surface area (TPSA) is 46.5 Å².